The second-order valence-corrected chi connectivity index (χ2v) is 16.6. The molecule has 3 aromatic rings. The van der Waals surface area contributed by atoms with Crippen molar-refractivity contribution in [2.45, 2.75) is 68.4 Å². The van der Waals surface area contributed by atoms with Crippen molar-refractivity contribution in [1.82, 2.24) is 0 Å². The van der Waals surface area contributed by atoms with E-state index < -0.39 is 13.5 Å². The average molecular weight is 685 g/mol. The summed E-state index contributed by atoms with van der Waals surface area (Å²) in [5.41, 5.74) is 12.4. The number of anilines is 3. The van der Waals surface area contributed by atoms with E-state index in [2.05, 4.69) is 87.6 Å². The van der Waals surface area contributed by atoms with Crippen LogP contribution in [0.3, 0.4) is 0 Å². The van der Waals surface area contributed by atoms with Gasteiger partial charge in [-0.15, -0.1) is 0 Å². The first-order valence-corrected chi connectivity index (χ1v) is 19.2. The summed E-state index contributed by atoms with van der Waals surface area (Å²) in [4.78, 5) is 15.8. The van der Waals surface area contributed by atoms with E-state index in [1.54, 1.807) is 10.7 Å². The molecule has 1 heterocycles. The van der Waals surface area contributed by atoms with Crippen LogP contribution >= 0.6 is 19.4 Å². The number of hydrogen-bond acceptors (Lipinski definition) is 4. The molecule has 8 heteroatoms. The Kier molecular flexibility index (Phi) is 11.8. The van der Waals surface area contributed by atoms with E-state index >= 15 is 0 Å². The maximum atomic E-state index is 11.0. The molecule has 1 fully saturated rings. The van der Waals surface area contributed by atoms with Gasteiger partial charge in [0.15, 0.2) is 0 Å². The molecule has 3 aromatic carbocycles. The summed E-state index contributed by atoms with van der Waals surface area (Å²) >= 11 is -1.94. The molecule has 0 saturated carbocycles. The van der Waals surface area contributed by atoms with E-state index in [9.17, 15) is 4.79 Å². The summed E-state index contributed by atoms with van der Waals surface area (Å²) in [7, 11) is 11.8. The summed E-state index contributed by atoms with van der Waals surface area (Å²) < 4.78 is 7.47. The molecule has 0 radical (unpaired) electrons. The van der Waals surface area contributed by atoms with Crippen molar-refractivity contribution in [3.05, 3.63) is 88.1 Å². The van der Waals surface area contributed by atoms with Gasteiger partial charge in [0, 0.05) is 24.5 Å². The van der Waals surface area contributed by atoms with Crippen LogP contribution in [0.4, 0.5) is 17.1 Å². The monoisotopic (exact) mass is 684 g/mol. The number of halogens is 2. The molecule has 41 heavy (non-hydrogen) atoms. The molecule has 4 rings (SSSR count). The van der Waals surface area contributed by atoms with E-state index in [0.29, 0.717) is 5.69 Å². The Morgan fingerprint density at radius 3 is 1.73 bits per heavy atom. The van der Waals surface area contributed by atoms with Crippen LogP contribution in [-0.2, 0) is 18.3 Å². The first-order chi connectivity index (χ1) is 19.2. The third kappa shape index (κ3) is 9.30. The minimum Gasteiger partial charge on any atom is -0.502 e. The van der Waals surface area contributed by atoms with Gasteiger partial charge in [0.05, 0.1) is 0 Å². The third-order valence-corrected chi connectivity index (χ3v) is 8.42. The van der Waals surface area contributed by atoms with Crippen LogP contribution < -0.4 is 19.9 Å². The number of nitrogens with one attached hydrogen (secondary N) is 1. The molecule has 0 atom stereocenters. The minimum absolute atomic E-state index is 0.0649. The van der Waals surface area contributed by atoms with Gasteiger partial charge in [0.1, 0.15) is 0 Å². The van der Waals surface area contributed by atoms with Gasteiger partial charge >= 0.3 is 120 Å². The van der Waals surface area contributed by atoms with Crippen molar-refractivity contribution < 1.29 is 23.0 Å². The number of nitrogens with zero attached hydrogens (tertiary/aromatic N) is 2. The van der Waals surface area contributed by atoms with Gasteiger partial charge < -0.3 is 9.80 Å². The van der Waals surface area contributed by atoms with E-state index in [1.807, 2.05) is 26.0 Å². The maximum absolute atomic E-state index is 11.0. The van der Waals surface area contributed by atoms with Gasteiger partial charge in [-0.05, 0) is 63.8 Å². The topological polar surface area (TPSA) is 44.8 Å². The van der Waals surface area contributed by atoms with Crippen LogP contribution in [0.5, 0.6) is 5.75 Å². The quantitative estimate of drug-likeness (QED) is 0.209. The van der Waals surface area contributed by atoms with Gasteiger partial charge in [-0.2, -0.15) is 6.67 Å². The van der Waals surface area contributed by atoms with Gasteiger partial charge in [-0.25, -0.2) is 0 Å². The molecule has 0 aliphatic carbocycles. The largest absolute Gasteiger partial charge is 0.502 e. The molecule has 1 aliphatic rings. The summed E-state index contributed by atoms with van der Waals surface area (Å²) in [5, 5.41) is 2.71. The van der Waals surface area contributed by atoms with Crippen LogP contribution in [0, 0.1) is 48.2 Å². The smallest absolute Gasteiger partial charge is 0.0146 e. The van der Waals surface area contributed by atoms with E-state index in [0.717, 1.165) is 24.4 Å². The Balaban J connectivity index is 0.000000233. The number of benzene rings is 3. The Bertz CT molecular complexity index is 1320. The molecular weight excluding hydrogens is 642 g/mol. The number of rotatable bonds is 6. The van der Waals surface area contributed by atoms with Crippen LogP contribution in [0.2, 0.25) is 0 Å². The summed E-state index contributed by atoms with van der Waals surface area (Å²) in [5.74, 6) is 0.600. The van der Waals surface area contributed by atoms with Crippen molar-refractivity contribution in [2.24, 2.45) is 0 Å². The number of carbonyl (C=O) groups is 1. The third-order valence-electron chi connectivity index (χ3n) is 6.59. The van der Waals surface area contributed by atoms with Crippen molar-refractivity contribution in [3.63, 3.8) is 0 Å². The van der Waals surface area contributed by atoms with Crippen LogP contribution in [0.1, 0.15) is 59.7 Å². The van der Waals surface area contributed by atoms with Crippen molar-refractivity contribution in [3.8, 4) is 5.75 Å². The van der Waals surface area contributed by atoms with Gasteiger partial charge in [-0.1, -0.05) is 35.4 Å². The summed E-state index contributed by atoms with van der Waals surface area (Å²) in [6.45, 7) is 22.9. The van der Waals surface area contributed by atoms with Crippen LogP contribution in [0.25, 0.3) is 0 Å². The van der Waals surface area contributed by atoms with Crippen molar-refractivity contribution >= 4 is 47.0 Å². The maximum Gasteiger partial charge on any atom is 0.0146 e. The molecule has 0 spiro atoms. The predicted molar refractivity (Wildman–Crippen MR) is 174 cm³/mol. The standard InChI is InChI=1S/C21H27N2.C12H15NO2.2ClH.Ru/c1-14-9-16(3)20(17(4)10-14)22-7-8-23(13-22)21-18(5)11-15(2)12-19(21)6;1-8(2)15-12-6-5-11(7-9(12)3)13-10(4)14;;;/h9-13H,7-8H2,1-6H3;3,5-8H,1-2,4H3,(H,13,14);2*1H;/q-1;;;;+2/p-2. The Labute approximate surface area is 259 Å². The zero-order chi connectivity index (χ0) is 30.4. The molecule has 5 nitrogen and oxygen atoms in total. The molecule has 0 aromatic heterocycles. The first kappa shape index (κ1) is 33.1. The molecular formula is C33H42Cl2N3O2Ru-. The molecule has 1 saturated heterocycles. The Hall–Kier alpha value is -2.40. The van der Waals surface area contributed by atoms with E-state index in [-0.39, 0.29) is 12.0 Å². The zero-order valence-corrected chi connectivity index (χ0v) is 28.8. The van der Waals surface area contributed by atoms with Gasteiger partial charge in [-0.3, -0.25) is 0 Å². The number of hydrogen-bond donors (Lipinski definition) is 1. The average Bonchev–Trinajstić information content (AvgIpc) is 3.28. The SMILES string of the molecule is CC(=O)Nc1ccc(OC(C)C)c([CH]=[Ru]([Cl])[Cl])c1.Cc1cc(C)c(N2[CH-]N(c3c(C)cc(C)cc3C)CC2)c(C)c1. The molecule has 224 valence electrons. The summed E-state index contributed by atoms with van der Waals surface area (Å²) in [6, 6.07) is 14.5. The van der Waals surface area contributed by atoms with Gasteiger partial charge in [0.25, 0.3) is 0 Å². The zero-order valence-electron chi connectivity index (χ0n) is 25.5. The van der Waals surface area contributed by atoms with Crippen molar-refractivity contribution in [1.29, 1.82) is 0 Å². The molecule has 1 amide bonds. The van der Waals surface area contributed by atoms with Crippen molar-refractivity contribution in [2.75, 3.05) is 28.2 Å². The fourth-order valence-electron chi connectivity index (χ4n) is 5.44. The minimum atomic E-state index is -1.94. The second-order valence-electron chi connectivity index (χ2n) is 10.9. The summed E-state index contributed by atoms with van der Waals surface area (Å²) in [6.07, 6.45) is 0.0649. The predicted octanol–water partition coefficient (Wildman–Crippen LogP) is 8.49. The van der Waals surface area contributed by atoms with E-state index in [1.165, 1.54) is 51.7 Å². The van der Waals surface area contributed by atoms with E-state index in [4.69, 9.17) is 24.1 Å². The van der Waals surface area contributed by atoms with Crippen LogP contribution in [-0.4, -0.2) is 29.7 Å². The Morgan fingerprint density at radius 2 is 1.34 bits per heavy atom. The molecule has 0 bridgehead atoms. The molecule has 1 N–H and O–H groups in total. The normalized spacial score (nSPS) is 13.1. The second kappa shape index (κ2) is 14.7. The number of aryl methyl sites for hydroxylation is 6. The fraction of sp³-hybridized carbons (Fsp3) is 0.364. The number of carbonyl (C=O) groups excluding carboxylic acids is 1. The fourth-order valence-corrected chi connectivity index (χ4v) is 7.23. The van der Waals surface area contributed by atoms with Crippen LogP contribution in [0.15, 0.2) is 42.5 Å². The van der Waals surface area contributed by atoms with Gasteiger partial charge in [0.2, 0.25) is 0 Å². The molecule has 0 unspecified atom stereocenters. The number of amides is 1. The Morgan fingerprint density at radius 1 is 0.878 bits per heavy atom. The molecule has 1 aliphatic heterocycles. The first-order valence-electron chi connectivity index (χ1n) is 13.7. The number of ether oxygens (including phenoxy) is 1.